The van der Waals surface area contributed by atoms with Crippen LogP contribution in [0.25, 0.3) is 0 Å². The quantitative estimate of drug-likeness (QED) is 0.855. The van der Waals surface area contributed by atoms with Crippen LogP contribution in [0.3, 0.4) is 0 Å². The molecule has 1 aliphatic carbocycles. The van der Waals surface area contributed by atoms with Gasteiger partial charge in [-0.2, -0.15) is 0 Å². The van der Waals surface area contributed by atoms with Gasteiger partial charge in [-0.1, -0.05) is 6.07 Å². The molecule has 0 unspecified atom stereocenters. The number of halogens is 2. The van der Waals surface area contributed by atoms with Gasteiger partial charge < -0.3 is 19.5 Å². The van der Waals surface area contributed by atoms with Crippen LogP contribution in [0.15, 0.2) is 18.2 Å². The van der Waals surface area contributed by atoms with Crippen molar-refractivity contribution in [1.29, 1.82) is 0 Å². The summed E-state index contributed by atoms with van der Waals surface area (Å²) in [6, 6.07) is 4.12. The van der Waals surface area contributed by atoms with Gasteiger partial charge in [-0.15, -0.1) is 0 Å². The van der Waals surface area contributed by atoms with Gasteiger partial charge >= 0.3 is 0 Å². The summed E-state index contributed by atoms with van der Waals surface area (Å²) in [5, 5.41) is 3.06. The topological polar surface area (TPSA) is 46.5 Å². The fourth-order valence-electron chi connectivity index (χ4n) is 3.93. The SMILES string of the molecule is Cc1c(N2CCOCC2)c(C)n(Cc2ccc(F)c(F)c2)c1C(=O)NC1CC1. The number of morpholine rings is 1. The van der Waals surface area contributed by atoms with Gasteiger partial charge in [-0.3, -0.25) is 4.79 Å². The highest BCUT2D eigenvalue weighted by molar-refractivity contribution is 5.97. The Kier molecular flexibility index (Phi) is 5.10. The van der Waals surface area contributed by atoms with Crippen LogP contribution in [0.4, 0.5) is 14.5 Å². The molecule has 7 heteroatoms. The molecule has 0 atom stereocenters. The fourth-order valence-corrected chi connectivity index (χ4v) is 3.93. The van der Waals surface area contributed by atoms with Crippen LogP contribution in [0.5, 0.6) is 0 Å². The summed E-state index contributed by atoms with van der Waals surface area (Å²) in [6.45, 7) is 7.07. The Balaban J connectivity index is 1.74. The predicted octanol–water partition coefficient (Wildman–Crippen LogP) is 3.16. The van der Waals surface area contributed by atoms with E-state index in [2.05, 4.69) is 10.2 Å². The van der Waals surface area contributed by atoms with E-state index in [0.717, 1.165) is 48.9 Å². The molecular weight excluding hydrogens is 364 g/mol. The third-order valence-corrected chi connectivity index (χ3v) is 5.51. The molecular formula is C21H25F2N3O2. The average molecular weight is 389 g/mol. The van der Waals surface area contributed by atoms with E-state index >= 15 is 0 Å². The summed E-state index contributed by atoms with van der Waals surface area (Å²) in [4.78, 5) is 15.2. The summed E-state index contributed by atoms with van der Waals surface area (Å²) in [6.07, 6.45) is 2.01. The van der Waals surface area contributed by atoms with Gasteiger partial charge in [0.2, 0.25) is 0 Å². The van der Waals surface area contributed by atoms with Crippen LogP contribution in [0, 0.1) is 25.5 Å². The van der Waals surface area contributed by atoms with Crippen molar-refractivity contribution in [3.05, 3.63) is 52.3 Å². The molecule has 2 fully saturated rings. The zero-order chi connectivity index (χ0) is 19.8. The standard InChI is InChI=1S/C21H25F2N3O2/c1-13-19(25-7-9-28-10-8-25)14(2)26(20(13)21(27)24-16-4-5-16)12-15-3-6-17(22)18(23)11-15/h3,6,11,16H,4-5,7-10,12H2,1-2H3,(H,24,27). The second-order valence-electron chi connectivity index (χ2n) is 7.59. The van der Waals surface area contributed by atoms with Crippen LogP contribution >= 0.6 is 0 Å². The minimum absolute atomic E-state index is 0.106. The van der Waals surface area contributed by atoms with Gasteiger partial charge in [0.05, 0.1) is 18.9 Å². The zero-order valence-corrected chi connectivity index (χ0v) is 16.2. The number of carbonyl (C=O) groups is 1. The number of anilines is 1. The van der Waals surface area contributed by atoms with Crippen molar-refractivity contribution in [1.82, 2.24) is 9.88 Å². The molecule has 28 heavy (non-hydrogen) atoms. The number of nitrogens with zero attached hydrogens (tertiary/aromatic N) is 2. The van der Waals surface area contributed by atoms with Crippen LogP contribution in [-0.4, -0.2) is 42.8 Å². The van der Waals surface area contributed by atoms with Crippen molar-refractivity contribution in [2.24, 2.45) is 0 Å². The molecule has 1 saturated heterocycles. The molecule has 0 radical (unpaired) electrons. The maximum absolute atomic E-state index is 13.7. The van der Waals surface area contributed by atoms with Crippen LogP contribution in [0.2, 0.25) is 0 Å². The molecule has 150 valence electrons. The number of benzene rings is 1. The molecule has 2 heterocycles. The van der Waals surface area contributed by atoms with E-state index in [0.29, 0.717) is 31.0 Å². The largest absolute Gasteiger partial charge is 0.378 e. The normalized spacial score (nSPS) is 17.1. The van der Waals surface area contributed by atoms with Gasteiger partial charge in [0.25, 0.3) is 5.91 Å². The number of rotatable bonds is 5. The molecule has 1 aliphatic heterocycles. The van der Waals surface area contributed by atoms with Crippen molar-refractivity contribution >= 4 is 11.6 Å². The third kappa shape index (κ3) is 3.63. The van der Waals surface area contributed by atoms with Crippen molar-refractivity contribution < 1.29 is 18.3 Å². The Morgan fingerprint density at radius 1 is 1.18 bits per heavy atom. The Bertz CT molecular complexity index is 900. The number of carbonyl (C=O) groups excluding carboxylic acids is 1. The van der Waals surface area contributed by atoms with E-state index in [1.165, 1.54) is 6.07 Å². The molecule has 1 amide bonds. The van der Waals surface area contributed by atoms with E-state index in [4.69, 9.17) is 4.74 Å². The van der Waals surface area contributed by atoms with Gasteiger partial charge in [-0.05, 0) is 44.4 Å². The number of ether oxygens (including phenoxy) is 1. The molecule has 0 bridgehead atoms. The predicted molar refractivity (Wildman–Crippen MR) is 103 cm³/mol. The lowest BCUT2D eigenvalue weighted by Crippen LogP contribution is -2.36. The molecule has 4 rings (SSSR count). The van der Waals surface area contributed by atoms with Crippen LogP contribution in [0.1, 0.15) is 40.2 Å². The Morgan fingerprint density at radius 3 is 2.54 bits per heavy atom. The summed E-state index contributed by atoms with van der Waals surface area (Å²) in [5.41, 5.74) is 4.11. The first-order valence-electron chi connectivity index (χ1n) is 9.73. The lowest BCUT2D eigenvalue weighted by Gasteiger charge is -2.29. The molecule has 0 spiro atoms. The Morgan fingerprint density at radius 2 is 1.89 bits per heavy atom. The van der Waals surface area contributed by atoms with Crippen molar-refractivity contribution in [2.45, 2.75) is 39.3 Å². The van der Waals surface area contributed by atoms with Gasteiger partial charge in [0, 0.05) is 36.9 Å². The lowest BCUT2D eigenvalue weighted by atomic mass is 10.1. The van der Waals surface area contributed by atoms with Crippen LogP contribution in [-0.2, 0) is 11.3 Å². The maximum atomic E-state index is 13.7. The van der Waals surface area contributed by atoms with Gasteiger partial charge in [-0.25, -0.2) is 8.78 Å². The minimum atomic E-state index is -0.878. The first kappa shape index (κ1) is 18.9. The number of aromatic nitrogens is 1. The van der Waals surface area contributed by atoms with E-state index in [9.17, 15) is 13.6 Å². The minimum Gasteiger partial charge on any atom is -0.378 e. The first-order valence-corrected chi connectivity index (χ1v) is 9.73. The van der Waals surface area contributed by atoms with Crippen molar-refractivity contribution in [3.8, 4) is 0 Å². The van der Waals surface area contributed by atoms with E-state index in [1.54, 1.807) is 6.07 Å². The highest BCUT2D eigenvalue weighted by Crippen LogP contribution is 2.33. The molecule has 1 N–H and O–H groups in total. The van der Waals surface area contributed by atoms with Crippen molar-refractivity contribution in [2.75, 3.05) is 31.2 Å². The average Bonchev–Trinajstić information content (AvgIpc) is 3.45. The van der Waals surface area contributed by atoms with E-state index < -0.39 is 11.6 Å². The Labute approximate surface area is 163 Å². The second kappa shape index (κ2) is 7.54. The highest BCUT2D eigenvalue weighted by atomic mass is 19.2. The van der Waals surface area contributed by atoms with Gasteiger partial charge in [0.15, 0.2) is 11.6 Å². The fraction of sp³-hybridized carbons (Fsp3) is 0.476. The van der Waals surface area contributed by atoms with Crippen LogP contribution < -0.4 is 10.2 Å². The monoisotopic (exact) mass is 389 g/mol. The number of hydrogen-bond acceptors (Lipinski definition) is 3. The summed E-state index contributed by atoms with van der Waals surface area (Å²) >= 11 is 0. The lowest BCUT2D eigenvalue weighted by molar-refractivity contribution is 0.0941. The second-order valence-corrected chi connectivity index (χ2v) is 7.59. The number of hydrogen-bond donors (Lipinski definition) is 1. The van der Waals surface area contributed by atoms with Crippen molar-refractivity contribution in [3.63, 3.8) is 0 Å². The Hall–Kier alpha value is -2.41. The van der Waals surface area contributed by atoms with Gasteiger partial charge in [0.1, 0.15) is 5.69 Å². The zero-order valence-electron chi connectivity index (χ0n) is 16.2. The summed E-state index contributed by atoms with van der Waals surface area (Å²) < 4.78 is 34.4. The number of nitrogens with one attached hydrogen (secondary N) is 1. The molecule has 2 aliphatic rings. The highest BCUT2D eigenvalue weighted by Gasteiger charge is 2.30. The molecule has 5 nitrogen and oxygen atoms in total. The summed E-state index contributed by atoms with van der Waals surface area (Å²) in [5.74, 6) is -1.86. The maximum Gasteiger partial charge on any atom is 0.268 e. The third-order valence-electron chi connectivity index (χ3n) is 5.51. The molecule has 1 saturated carbocycles. The molecule has 1 aromatic heterocycles. The summed E-state index contributed by atoms with van der Waals surface area (Å²) in [7, 11) is 0. The smallest absolute Gasteiger partial charge is 0.268 e. The van der Waals surface area contributed by atoms with E-state index in [-0.39, 0.29) is 11.9 Å². The first-order chi connectivity index (χ1) is 13.5. The molecule has 2 aromatic rings. The molecule has 1 aromatic carbocycles. The number of amides is 1. The van der Waals surface area contributed by atoms with E-state index in [1.807, 2.05) is 18.4 Å².